The second-order valence-electron chi connectivity index (χ2n) is 4.89. The van der Waals surface area contributed by atoms with E-state index >= 15 is 0 Å². The molecule has 1 aromatic carbocycles. The smallest absolute Gasteiger partial charge is 0.255 e. The summed E-state index contributed by atoms with van der Waals surface area (Å²) in [5.41, 5.74) is 3.50. The van der Waals surface area contributed by atoms with E-state index in [0.717, 1.165) is 27.5 Å². The van der Waals surface area contributed by atoms with Crippen molar-refractivity contribution in [3.05, 3.63) is 41.6 Å². The molecule has 0 atom stereocenters. The highest BCUT2D eigenvalue weighted by molar-refractivity contribution is 6.10. The summed E-state index contributed by atoms with van der Waals surface area (Å²) in [5.74, 6) is -0.0165. The number of aromatic nitrogens is 2. The normalized spacial score (nSPS) is 11.1. The van der Waals surface area contributed by atoms with Crippen LogP contribution in [0.15, 0.2) is 30.5 Å². The van der Waals surface area contributed by atoms with Gasteiger partial charge in [0, 0.05) is 36.6 Å². The van der Waals surface area contributed by atoms with Crippen molar-refractivity contribution in [2.24, 2.45) is 0 Å². The Hall–Kier alpha value is -2.36. The fourth-order valence-electron chi connectivity index (χ4n) is 2.42. The lowest BCUT2D eigenvalue weighted by Crippen LogP contribution is -2.22. The van der Waals surface area contributed by atoms with Gasteiger partial charge in [0.2, 0.25) is 0 Å². The van der Waals surface area contributed by atoms with Gasteiger partial charge in [-0.25, -0.2) is 4.98 Å². The molecule has 2 heterocycles. The zero-order valence-corrected chi connectivity index (χ0v) is 11.2. The molecule has 3 aromatic rings. The van der Waals surface area contributed by atoms with Gasteiger partial charge in [-0.2, -0.15) is 0 Å². The predicted octanol–water partition coefficient (Wildman–Crippen LogP) is 2.73. The predicted molar refractivity (Wildman–Crippen MR) is 76.4 cm³/mol. The summed E-state index contributed by atoms with van der Waals surface area (Å²) in [4.78, 5) is 21.4. The van der Waals surface area contributed by atoms with Gasteiger partial charge in [0.05, 0.1) is 5.56 Å². The third kappa shape index (κ3) is 1.68. The summed E-state index contributed by atoms with van der Waals surface area (Å²) in [6, 6.07) is 8.05. The van der Waals surface area contributed by atoms with Crippen molar-refractivity contribution >= 4 is 27.8 Å². The van der Waals surface area contributed by atoms with Crippen LogP contribution in [0.2, 0.25) is 0 Å². The van der Waals surface area contributed by atoms with E-state index in [4.69, 9.17) is 0 Å². The Labute approximate surface area is 111 Å². The first-order valence-corrected chi connectivity index (χ1v) is 6.17. The molecule has 0 aliphatic carbocycles. The second-order valence-corrected chi connectivity index (χ2v) is 4.89. The van der Waals surface area contributed by atoms with E-state index in [9.17, 15) is 4.79 Å². The van der Waals surface area contributed by atoms with Crippen molar-refractivity contribution in [2.75, 3.05) is 14.1 Å². The molecule has 1 N–H and O–H groups in total. The van der Waals surface area contributed by atoms with Gasteiger partial charge in [0.15, 0.2) is 0 Å². The minimum Gasteiger partial charge on any atom is -0.345 e. The van der Waals surface area contributed by atoms with E-state index in [2.05, 4.69) is 9.97 Å². The Balaban J connectivity index is 2.37. The molecule has 1 amide bonds. The molecule has 19 heavy (non-hydrogen) atoms. The number of para-hydroxylation sites is 1. The van der Waals surface area contributed by atoms with E-state index in [-0.39, 0.29) is 5.91 Å². The van der Waals surface area contributed by atoms with E-state index in [0.29, 0.717) is 5.56 Å². The fraction of sp³-hybridized carbons (Fsp3) is 0.200. The number of H-pyrrole nitrogens is 1. The summed E-state index contributed by atoms with van der Waals surface area (Å²) >= 11 is 0. The number of nitrogens with one attached hydrogen (secondary N) is 1. The standard InChI is InChI=1S/C15H15N3O/c1-9-11(15(19)18(2)3)8-16-14-13(9)10-6-4-5-7-12(10)17-14/h4-8H,1-3H3,(H,16,17). The quantitative estimate of drug-likeness (QED) is 0.725. The Bertz CT molecular complexity index is 787. The van der Waals surface area contributed by atoms with Gasteiger partial charge in [-0.05, 0) is 18.6 Å². The number of amides is 1. The van der Waals surface area contributed by atoms with Crippen LogP contribution in [0.1, 0.15) is 15.9 Å². The van der Waals surface area contributed by atoms with Crippen LogP contribution in [0.4, 0.5) is 0 Å². The second kappa shape index (κ2) is 4.09. The molecule has 0 spiro atoms. The van der Waals surface area contributed by atoms with Crippen LogP contribution in [0.3, 0.4) is 0 Å². The molecule has 2 aromatic heterocycles. The highest BCUT2D eigenvalue weighted by atomic mass is 16.2. The summed E-state index contributed by atoms with van der Waals surface area (Å²) < 4.78 is 0. The third-order valence-corrected chi connectivity index (χ3v) is 3.42. The van der Waals surface area contributed by atoms with Crippen LogP contribution in [0.5, 0.6) is 0 Å². The summed E-state index contributed by atoms with van der Waals surface area (Å²) in [6.45, 7) is 1.97. The number of carbonyl (C=O) groups is 1. The van der Waals surface area contributed by atoms with Gasteiger partial charge in [0.1, 0.15) is 5.65 Å². The van der Waals surface area contributed by atoms with Gasteiger partial charge >= 0.3 is 0 Å². The highest BCUT2D eigenvalue weighted by Gasteiger charge is 2.16. The highest BCUT2D eigenvalue weighted by Crippen LogP contribution is 2.28. The van der Waals surface area contributed by atoms with Crippen molar-refractivity contribution in [1.29, 1.82) is 0 Å². The molecule has 0 radical (unpaired) electrons. The SMILES string of the molecule is Cc1c(C(=O)N(C)C)cnc2[nH]c3ccccc3c12. The van der Waals surface area contributed by atoms with Crippen LogP contribution in [0.25, 0.3) is 21.9 Å². The van der Waals surface area contributed by atoms with Crippen LogP contribution < -0.4 is 0 Å². The largest absolute Gasteiger partial charge is 0.345 e. The Morgan fingerprint density at radius 2 is 2.00 bits per heavy atom. The number of nitrogens with zero attached hydrogens (tertiary/aromatic N) is 2. The van der Waals surface area contributed by atoms with Crippen LogP contribution in [0, 0.1) is 6.92 Å². The van der Waals surface area contributed by atoms with Crippen LogP contribution in [-0.2, 0) is 0 Å². The molecule has 96 valence electrons. The Morgan fingerprint density at radius 1 is 1.26 bits per heavy atom. The maximum absolute atomic E-state index is 12.1. The average Bonchev–Trinajstić information content (AvgIpc) is 2.77. The number of pyridine rings is 1. The first-order chi connectivity index (χ1) is 9.09. The number of hydrogen-bond acceptors (Lipinski definition) is 2. The summed E-state index contributed by atoms with van der Waals surface area (Å²) in [7, 11) is 3.50. The van der Waals surface area contributed by atoms with Crippen molar-refractivity contribution in [3.8, 4) is 0 Å². The molecule has 0 saturated heterocycles. The molecule has 4 heteroatoms. The van der Waals surface area contributed by atoms with Crippen molar-refractivity contribution in [2.45, 2.75) is 6.92 Å². The van der Waals surface area contributed by atoms with E-state index in [1.54, 1.807) is 25.2 Å². The first-order valence-electron chi connectivity index (χ1n) is 6.17. The lowest BCUT2D eigenvalue weighted by atomic mass is 10.0. The average molecular weight is 253 g/mol. The minimum atomic E-state index is -0.0165. The Morgan fingerprint density at radius 3 is 2.74 bits per heavy atom. The molecule has 0 fully saturated rings. The van der Waals surface area contributed by atoms with E-state index < -0.39 is 0 Å². The maximum Gasteiger partial charge on any atom is 0.255 e. The topological polar surface area (TPSA) is 49.0 Å². The molecular weight excluding hydrogens is 238 g/mol. The number of fused-ring (bicyclic) bond motifs is 3. The molecular formula is C15H15N3O. The molecule has 0 unspecified atom stereocenters. The number of rotatable bonds is 1. The first kappa shape index (κ1) is 11.7. The number of benzene rings is 1. The maximum atomic E-state index is 12.1. The lowest BCUT2D eigenvalue weighted by Gasteiger charge is -2.12. The van der Waals surface area contributed by atoms with Gasteiger partial charge in [-0.15, -0.1) is 0 Å². The number of aromatic amines is 1. The molecule has 3 rings (SSSR count). The van der Waals surface area contributed by atoms with Crippen LogP contribution >= 0.6 is 0 Å². The van der Waals surface area contributed by atoms with Crippen molar-refractivity contribution in [3.63, 3.8) is 0 Å². The summed E-state index contributed by atoms with van der Waals surface area (Å²) in [6.07, 6.45) is 1.65. The zero-order chi connectivity index (χ0) is 13.6. The summed E-state index contributed by atoms with van der Waals surface area (Å²) in [5, 5.41) is 2.14. The molecule has 0 bridgehead atoms. The molecule has 0 aliphatic rings. The van der Waals surface area contributed by atoms with Gasteiger partial charge in [-0.3, -0.25) is 4.79 Å². The minimum absolute atomic E-state index is 0.0165. The monoisotopic (exact) mass is 253 g/mol. The number of carbonyl (C=O) groups excluding carboxylic acids is 1. The number of aryl methyl sites for hydroxylation is 1. The van der Waals surface area contributed by atoms with Gasteiger partial charge < -0.3 is 9.88 Å². The zero-order valence-electron chi connectivity index (χ0n) is 11.2. The third-order valence-electron chi connectivity index (χ3n) is 3.42. The van der Waals surface area contributed by atoms with E-state index in [1.807, 2.05) is 31.2 Å². The number of hydrogen-bond donors (Lipinski definition) is 1. The lowest BCUT2D eigenvalue weighted by molar-refractivity contribution is 0.0826. The molecule has 0 aliphatic heterocycles. The van der Waals surface area contributed by atoms with E-state index in [1.165, 1.54) is 0 Å². The molecule has 4 nitrogen and oxygen atoms in total. The molecule has 0 saturated carbocycles. The fourth-order valence-corrected chi connectivity index (χ4v) is 2.42. The van der Waals surface area contributed by atoms with Crippen molar-refractivity contribution < 1.29 is 4.79 Å². The van der Waals surface area contributed by atoms with Gasteiger partial charge in [0.25, 0.3) is 5.91 Å². The van der Waals surface area contributed by atoms with Crippen LogP contribution in [-0.4, -0.2) is 34.9 Å². The Kier molecular flexibility index (Phi) is 2.52. The van der Waals surface area contributed by atoms with Gasteiger partial charge in [-0.1, -0.05) is 18.2 Å². The van der Waals surface area contributed by atoms with Crippen molar-refractivity contribution in [1.82, 2.24) is 14.9 Å².